The standard InChI is InChI=1S/C22H42O4.C4H8O/c23-21(24)19-17-15-13-11-9-7-5-3-1-2-4-6-8-10-12-14-16-18-20-22(25)26;1-2-4-5-3-1/h1-20H2,(H,23,24)(H,25,26);1-4H2. The largest absolute Gasteiger partial charge is 0.481 e. The topological polar surface area (TPSA) is 83.8 Å². The fraction of sp³-hybridized carbons (Fsp3) is 0.923. The predicted molar refractivity (Wildman–Crippen MR) is 128 cm³/mol. The van der Waals surface area contributed by atoms with Crippen LogP contribution in [-0.2, 0) is 14.3 Å². The molecule has 31 heavy (non-hydrogen) atoms. The van der Waals surface area contributed by atoms with E-state index in [0.717, 1.165) is 38.9 Å². The molecule has 1 aliphatic rings. The Hall–Kier alpha value is -1.10. The molecule has 5 nitrogen and oxygen atoms in total. The second-order valence-corrected chi connectivity index (χ2v) is 8.97. The van der Waals surface area contributed by atoms with Crippen molar-refractivity contribution in [3.8, 4) is 0 Å². The van der Waals surface area contributed by atoms with Gasteiger partial charge in [-0.15, -0.1) is 0 Å². The Morgan fingerprint density at radius 2 is 0.677 bits per heavy atom. The van der Waals surface area contributed by atoms with Gasteiger partial charge >= 0.3 is 11.9 Å². The lowest BCUT2D eigenvalue weighted by molar-refractivity contribution is -0.138. The molecule has 1 aliphatic heterocycles. The van der Waals surface area contributed by atoms with E-state index in [0.29, 0.717) is 12.8 Å². The fourth-order valence-electron chi connectivity index (χ4n) is 3.89. The van der Waals surface area contributed by atoms with Gasteiger partial charge < -0.3 is 14.9 Å². The summed E-state index contributed by atoms with van der Waals surface area (Å²) in [5.41, 5.74) is 0. The lowest BCUT2D eigenvalue weighted by Gasteiger charge is -2.03. The number of rotatable bonds is 21. The summed E-state index contributed by atoms with van der Waals surface area (Å²) in [4.78, 5) is 20.8. The molecule has 0 spiro atoms. The SMILES string of the molecule is C1CCOC1.O=C(O)CCCCCCCCCCCCCCCCCCCCC(=O)O. The summed E-state index contributed by atoms with van der Waals surface area (Å²) >= 11 is 0. The quantitative estimate of drug-likeness (QED) is 0.177. The number of ether oxygens (including phenoxy) is 1. The van der Waals surface area contributed by atoms with Crippen molar-refractivity contribution in [1.82, 2.24) is 0 Å². The Kier molecular flexibility index (Phi) is 24.3. The van der Waals surface area contributed by atoms with Crippen molar-refractivity contribution < 1.29 is 24.5 Å². The zero-order valence-corrected chi connectivity index (χ0v) is 20.1. The summed E-state index contributed by atoms with van der Waals surface area (Å²) < 4.78 is 4.94. The molecule has 5 heteroatoms. The molecule has 1 saturated heterocycles. The van der Waals surface area contributed by atoms with Crippen LogP contribution >= 0.6 is 0 Å². The summed E-state index contributed by atoms with van der Waals surface area (Å²) in [5, 5.41) is 17.1. The monoisotopic (exact) mass is 442 g/mol. The molecule has 184 valence electrons. The molecule has 0 aromatic carbocycles. The minimum Gasteiger partial charge on any atom is -0.481 e. The van der Waals surface area contributed by atoms with Crippen molar-refractivity contribution in [2.45, 2.75) is 141 Å². The highest BCUT2D eigenvalue weighted by atomic mass is 16.5. The van der Waals surface area contributed by atoms with Crippen LogP contribution in [0, 0.1) is 0 Å². The van der Waals surface area contributed by atoms with Gasteiger partial charge in [0, 0.05) is 26.1 Å². The van der Waals surface area contributed by atoms with Crippen LogP contribution in [0.3, 0.4) is 0 Å². The van der Waals surface area contributed by atoms with E-state index in [1.807, 2.05) is 0 Å². The molecule has 0 aromatic rings. The molecule has 1 rings (SSSR count). The van der Waals surface area contributed by atoms with E-state index in [1.54, 1.807) is 0 Å². The van der Waals surface area contributed by atoms with E-state index in [-0.39, 0.29) is 0 Å². The lowest BCUT2D eigenvalue weighted by atomic mass is 10.0. The molecular formula is C26H50O5. The van der Waals surface area contributed by atoms with Crippen molar-refractivity contribution in [1.29, 1.82) is 0 Å². The third kappa shape index (κ3) is 28.9. The smallest absolute Gasteiger partial charge is 0.303 e. The second-order valence-electron chi connectivity index (χ2n) is 8.97. The van der Waals surface area contributed by atoms with E-state index < -0.39 is 11.9 Å². The van der Waals surface area contributed by atoms with E-state index in [9.17, 15) is 9.59 Å². The van der Waals surface area contributed by atoms with E-state index in [2.05, 4.69) is 0 Å². The van der Waals surface area contributed by atoms with E-state index in [4.69, 9.17) is 14.9 Å². The van der Waals surface area contributed by atoms with Gasteiger partial charge in [0.15, 0.2) is 0 Å². The van der Waals surface area contributed by atoms with Crippen LogP contribution in [0.25, 0.3) is 0 Å². The van der Waals surface area contributed by atoms with Crippen molar-refractivity contribution in [3.63, 3.8) is 0 Å². The second kappa shape index (κ2) is 25.2. The fourth-order valence-corrected chi connectivity index (χ4v) is 3.89. The third-order valence-electron chi connectivity index (χ3n) is 5.86. The Bertz CT molecular complexity index is 354. The number of carbonyl (C=O) groups is 2. The summed E-state index contributed by atoms with van der Waals surface area (Å²) in [6.07, 6.45) is 25.3. The molecule has 1 heterocycles. The number of aliphatic carboxylic acids is 2. The van der Waals surface area contributed by atoms with Crippen molar-refractivity contribution in [3.05, 3.63) is 0 Å². The van der Waals surface area contributed by atoms with Crippen LogP contribution in [0.5, 0.6) is 0 Å². The summed E-state index contributed by atoms with van der Waals surface area (Å²) in [7, 11) is 0. The van der Waals surface area contributed by atoms with Gasteiger partial charge in [-0.3, -0.25) is 9.59 Å². The maximum Gasteiger partial charge on any atom is 0.303 e. The van der Waals surface area contributed by atoms with Crippen LogP contribution in [0.1, 0.15) is 141 Å². The van der Waals surface area contributed by atoms with E-state index >= 15 is 0 Å². The Morgan fingerprint density at radius 1 is 0.452 bits per heavy atom. The number of unbranched alkanes of at least 4 members (excludes halogenated alkanes) is 17. The van der Waals surface area contributed by atoms with Gasteiger partial charge in [0.2, 0.25) is 0 Å². The average Bonchev–Trinajstić information content (AvgIpc) is 3.32. The molecular weight excluding hydrogens is 392 g/mol. The molecule has 1 fully saturated rings. The van der Waals surface area contributed by atoms with Crippen molar-refractivity contribution >= 4 is 11.9 Å². The molecule has 0 radical (unpaired) electrons. The Labute approximate surface area is 191 Å². The highest BCUT2D eigenvalue weighted by Gasteiger charge is 1.98. The van der Waals surface area contributed by atoms with Gasteiger partial charge in [-0.25, -0.2) is 0 Å². The molecule has 0 aliphatic carbocycles. The third-order valence-corrected chi connectivity index (χ3v) is 5.86. The van der Waals surface area contributed by atoms with Gasteiger partial charge in [-0.1, -0.05) is 103 Å². The first-order chi connectivity index (χ1) is 15.1. The first-order valence-electron chi connectivity index (χ1n) is 13.1. The van der Waals surface area contributed by atoms with Gasteiger partial charge in [0.1, 0.15) is 0 Å². The number of carboxylic acid groups (broad SMARTS) is 2. The zero-order valence-electron chi connectivity index (χ0n) is 20.1. The lowest BCUT2D eigenvalue weighted by Crippen LogP contribution is -1.93. The predicted octanol–water partition coefficient (Wildman–Crippen LogP) is 7.75. The average molecular weight is 443 g/mol. The number of hydrogen-bond acceptors (Lipinski definition) is 3. The van der Waals surface area contributed by atoms with Gasteiger partial charge in [0.25, 0.3) is 0 Å². The van der Waals surface area contributed by atoms with Gasteiger partial charge in [-0.2, -0.15) is 0 Å². The summed E-state index contributed by atoms with van der Waals surface area (Å²) in [6.45, 7) is 2.00. The van der Waals surface area contributed by atoms with E-state index in [1.165, 1.54) is 103 Å². The number of hydrogen-bond donors (Lipinski definition) is 2. The molecule has 0 unspecified atom stereocenters. The van der Waals surface area contributed by atoms with Crippen molar-refractivity contribution in [2.24, 2.45) is 0 Å². The summed E-state index contributed by atoms with van der Waals surface area (Å²) in [6, 6.07) is 0. The molecule has 0 atom stereocenters. The highest BCUT2D eigenvalue weighted by molar-refractivity contribution is 5.66. The normalized spacial score (nSPS) is 13.0. The summed E-state index contributed by atoms with van der Waals surface area (Å²) in [5.74, 6) is -1.34. The minimum atomic E-state index is -0.669. The van der Waals surface area contributed by atoms with Gasteiger partial charge in [-0.05, 0) is 25.7 Å². The maximum atomic E-state index is 10.4. The first-order valence-corrected chi connectivity index (χ1v) is 13.1. The molecule has 0 aromatic heterocycles. The first kappa shape index (κ1) is 29.9. The van der Waals surface area contributed by atoms with Gasteiger partial charge in [0.05, 0.1) is 0 Å². The van der Waals surface area contributed by atoms with Crippen LogP contribution < -0.4 is 0 Å². The maximum absolute atomic E-state index is 10.4. The minimum absolute atomic E-state index is 0.326. The van der Waals surface area contributed by atoms with Crippen LogP contribution in [0.4, 0.5) is 0 Å². The Balaban J connectivity index is 0.00000156. The van der Waals surface area contributed by atoms with Crippen LogP contribution in [0.2, 0.25) is 0 Å². The Morgan fingerprint density at radius 3 is 0.839 bits per heavy atom. The number of carboxylic acids is 2. The molecule has 0 saturated carbocycles. The van der Waals surface area contributed by atoms with Crippen molar-refractivity contribution in [2.75, 3.05) is 13.2 Å². The molecule has 2 N–H and O–H groups in total. The highest BCUT2D eigenvalue weighted by Crippen LogP contribution is 2.14. The zero-order chi connectivity index (χ0) is 22.8. The van der Waals surface area contributed by atoms with Crippen LogP contribution in [0.15, 0.2) is 0 Å². The van der Waals surface area contributed by atoms with Crippen LogP contribution in [-0.4, -0.2) is 35.4 Å². The molecule has 0 amide bonds. The molecule has 0 bridgehead atoms.